The number of amides is 3. The second kappa shape index (κ2) is 10.9. The Hall–Kier alpha value is -4.58. The summed E-state index contributed by atoms with van der Waals surface area (Å²) in [5, 5.41) is 5.46. The Morgan fingerprint density at radius 1 is 1.12 bits per heavy atom. The van der Waals surface area contributed by atoms with E-state index in [1.165, 1.54) is 22.9 Å². The smallest absolute Gasteiger partial charge is 0.259 e. The van der Waals surface area contributed by atoms with Crippen molar-refractivity contribution in [1.29, 1.82) is 0 Å². The van der Waals surface area contributed by atoms with Crippen LogP contribution in [-0.2, 0) is 20.9 Å². The van der Waals surface area contributed by atoms with E-state index >= 15 is 0 Å². The number of furan rings is 1. The Morgan fingerprint density at radius 2 is 1.98 bits per heavy atom. The van der Waals surface area contributed by atoms with E-state index in [1.807, 2.05) is 31.2 Å². The molecule has 40 heavy (non-hydrogen) atoms. The van der Waals surface area contributed by atoms with Gasteiger partial charge in [0.2, 0.25) is 18.6 Å². The van der Waals surface area contributed by atoms with Crippen molar-refractivity contribution in [3.63, 3.8) is 0 Å². The lowest BCUT2D eigenvalue weighted by molar-refractivity contribution is -0.128. The van der Waals surface area contributed by atoms with Crippen LogP contribution in [-0.4, -0.2) is 51.7 Å². The summed E-state index contributed by atoms with van der Waals surface area (Å²) >= 11 is 1.19. The number of ether oxygens (including phenoxy) is 2. The molecule has 3 aromatic rings. The van der Waals surface area contributed by atoms with Gasteiger partial charge in [0, 0.05) is 17.3 Å². The van der Waals surface area contributed by atoms with Crippen LogP contribution in [0.4, 0.5) is 11.4 Å². The number of nitrogens with one attached hydrogen (secondary N) is 2. The molecule has 2 N–H and O–H groups in total. The van der Waals surface area contributed by atoms with E-state index in [2.05, 4.69) is 15.6 Å². The molecule has 0 aliphatic carbocycles. The summed E-state index contributed by atoms with van der Waals surface area (Å²) in [6, 6.07) is 15.1. The van der Waals surface area contributed by atoms with E-state index in [0.717, 1.165) is 0 Å². The molecule has 3 aliphatic heterocycles. The maximum Gasteiger partial charge on any atom is 0.259 e. The van der Waals surface area contributed by atoms with Crippen LogP contribution < -0.4 is 20.1 Å². The highest BCUT2D eigenvalue weighted by Gasteiger charge is 2.43. The number of hydrogen-bond donors (Lipinski definition) is 2. The van der Waals surface area contributed by atoms with E-state index in [-0.39, 0.29) is 37.5 Å². The molecule has 0 saturated heterocycles. The average Bonchev–Trinajstić information content (AvgIpc) is 3.71. The standard InChI is InChI=1S/C28H25N5O6S/c1-2-23(26(35)30-16-9-10-21-22(12-16)39-15-38-21)40-28-32-19-8-4-3-7-18(19)25-31-20(27(36)33(25)28)13-24(34)29-14-17-6-5-11-37-17/h3-12,20,23H,2,13-15H2,1H3,(H,29,34)(H,30,35)/t20-,23+/m1/s1. The van der Waals surface area contributed by atoms with Crippen LogP contribution in [0.2, 0.25) is 0 Å². The summed E-state index contributed by atoms with van der Waals surface area (Å²) < 4.78 is 16.0. The predicted molar refractivity (Wildman–Crippen MR) is 149 cm³/mol. The average molecular weight is 560 g/mol. The third-order valence-electron chi connectivity index (χ3n) is 6.52. The molecular weight excluding hydrogens is 534 g/mol. The number of hydrogen-bond acceptors (Lipinski definition) is 9. The molecule has 2 atom stereocenters. The lowest BCUT2D eigenvalue weighted by atomic mass is 10.1. The van der Waals surface area contributed by atoms with Crippen molar-refractivity contribution in [3.05, 3.63) is 72.2 Å². The van der Waals surface area contributed by atoms with Gasteiger partial charge in [-0.05, 0) is 42.8 Å². The number of carbonyl (C=O) groups is 3. The molecule has 11 nitrogen and oxygen atoms in total. The zero-order chi connectivity index (χ0) is 27.6. The van der Waals surface area contributed by atoms with Gasteiger partial charge in [0.25, 0.3) is 5.91 Å². The van der Waals surface area contributed by atoms with Gasteiger partial charge < -0.3 is 24.5 Å². The summed E-state index contributed by atoms with van der Waals surface area (Å²) in [4.78, 5) is 50.2. The summed E-state index contributed by atoms with van der Waals surface area (Å²) in [5.41, 5.74) is 1.91. The molecule has 0 bridgehead atoms. The van der Waals surface area contributed by atoms with Crippen LogP contribution in [0, 0.1) is 0 Å². The van der Waals surface area contributed by atoms with Crippen LogP contribution in [0.15, 0.2) is 75.3 Å². The second-order valence-corrected chi connectivity index (χ2v) is 10.4. The van der Waals surface area contributed by atoms with Gasteiger partial charge in [-0.2, -0.15) is 0 Å². The van der Waals surface area contributed by atoms with Gasteiger partial charge in [0.1, 0.15) is 17.6 Å². The molecule has 3 amide bonds. The number of anilines is 1. The Bertz CT molecular complexity index is 1540. The SMILES string of the molecule is CC[C@H](SC1=Nc2ccccc2C2=N[C@H](CC(=O)NCc3ccco3)C(=O)N12)C(=O)Nc1ccc2c(c1)OCO2. The van der Waals surface area contributed by atoms with Crippen LogP contribution in [0.5, 0.6) is 11.5 Å². The van der Waals surface area contributed by atoms with E-state index in [9.17, 15) is 14.4 Å². The Kier molecular flexibility index (Phi) is 6.99. The molecule has 2 aromatic carbocycles. The van der Waals surface area contributed by atoms with Gasteiger partial charge in [-0.1, -0.05) is 30.8 Å². The normalized spacial score (nSPS) is 17.5. The minimum absolute atomic E-state index is 0.124. The van der Waals surface area contributed by atoms with Crippen molar-refractivity contribution >= 4 is 51.9 Å². The highest BCUT2D eigenvalue weighted by Crippen LogP contribution is 2.37. The van der Waals surface area contributed by atoms with Gasteiger partial charge in [0.15, 0.2) is 16.7 Å². The number of aliphatic imine (C=N–C) groups is 2. The zero-order valence-corrected chi connectivity index (χ0v) is 22.3. The highest BCUT2D eigenvalue weighted by atomic mass is 32.2. The number of carbonyl (C=O) groups excluding carboxylic acids is 3. The molecule has 0 unspecified atom stereocenters. The number of nitrogens with zero attached hydrogens (tertiary/aromatic N) is 3. The van der Waals surface area contributed by atoms with E-state index in [1.54, 1.807) is 30.3 Å². The first-order valence-corrected chi connectivity index (χ1v) is 13.6. The van der Waals surface area contributed by atoms with Crippen LogP contribution in [0.3, 0.4) is 0 Å². The number of fused-ring (bicyclic) bond motifs is 4. The monoisotopic (exact) mass is 559 g/mol. The van der Waals surface area contributed by atoms with Crippen molar-refractivity contribution in [2.75, 3.05) is 12.1 Å². The minimum atomic E-state index is -0.911. The topological polar surface area (TPSA) is 135 Å². The third-order valence-corrected chi connectivity index (χ3v) is 7.83. The Balaban J connectivity index is 1.19. The largest absolute Gasteiger partial charge is 0.467 e. The number of amidine groups is 2. The van der Waals surface area contributed by atoms with Gasteiger partial charge in [-0.25, -0.2) is 9.89 Å². The maximum atomic E-state index is 13.6. The predicted octanol–water partition coefficient (Wildman–Crippen LogP) is 3.82. The molecule has 4 heterocycles. The fraction of sp³-hybridized carbons (Fsp3) is 0.250. The summed E-state index contributed by atoms with van der Waals surface area (Å²) in [5.74, 6) is 1.29. The van der Waals surface area contributed by atoms with E-state index in [0.29, 0.717) is 51.6 Å². The fourth-order valence-corrected chi connectivity index (χ4v) is 5.53. The molecule has 0 radical (unpaired) electrons. The maximum absolute atomic E-state index is 13.6. The lowest BCUT2D eigenvalue weighted by Gasteiger charge is -2.27. The quantitative estimate of drug-likeness (QED) is 0.428. The summed E-state index contributed by atoms with van der Waals surface area (Å²) in [7, 11) is 0. The minimum Gasteiger partial charge on any atom is -0.467 e. The third kappa shape index (κ3) is 5.05. The summed E-state index contributed by atoms with van der Waals surface area (Å²) in [6.45, 7) is 2.25. The molecule has 12 heteroatoms. The van der Waals surface area contributed by atoms with Gasteiger partial charge in [-0.3, -0.25) is 19.4 Å². The first kappa shape index (κ1) is 25.7. The van der Waals surface area contributed by atoms with Gasteiger partial charge in [-0.15, -0.1) is 0 Å². The van der Waals surface area contributed by atoms with Crippen LogP contribution >= 0.6 is 11.8 Å². The Morgan fingerprint density at radius 3 is 2.80 bits per heavy atom. The van der Waals surface area contributed by atoms with Crippen molar-refractivity contribution < 1.29 is 28.3 Å². The van der Waals surface area contributed by atoms with Crippen molar-refractivity contribution in [2.45, 2.75) is 37.6 Å². The number of rotatable bonds is 8. The highest BCUT2D eigenvalue weighted by molar-refractivity contribution is 8.15. The van der Waals surface area contributed by atoms with E-state index < -0.39 is 11.3 Å². The van der Waals surface area contributed by atoms with Gasteiger partial charge >= 0.3 is 0 Å². The first-order chi connectivity index (χ1) is 19.5. The summed E-state index contributed by atoms with van der Waals surface area (Å²) in [6.07, 6.45) is 1.89. The van der Waals surface area contributed by atoms with Gasteiger partial charge in [0.05, 0.1) is 30.2 Å². The van der Waals surface area contributed by atoms with E-state index in [4.69, 9.17) is 18.9 Å². The molecule has 6 rings (SSSR count). The molecular formula is C28H25N5O6S. The Labute approximate surface area is 233 Å². The fourth-order valence-electron chi connectivity index (χ4n) is 4.51. The molecule has 0 saturated carbocycles. The molecule has 1 aromatic heterocycles. The van der Waals surface area contributed by atoms with Crippen molar-refractivity contribution in [3.8, 4) is 11.5 Å². The number of benzene rings is 2. The lowest BCUT2D eigenvalue weighted by Crippen LogP contribution is -2.43. The number of para-hydroxylation sites is 1. The number of thioether (sulfide) groups is 1. The van der Waals surface area contributed by atoms with Crippen molar-refractivity contribution in [2.24, 2.45) is 9.98 Å². The molecule has 3 aliphatic rings. The zero-order valence-electron chi connectivity index (χ0n) is 21.5. The molecule has 0 fully saturated rings. The first-order valence-electron chi connectivity index (χ1n) is 12.8. The van der Waals surface area contributed by atoms with Crippen molar-refractivity contribution in [1.82, 2.24) is 10.2 Å². The van der Waals surface area contributed by atoms with Crippen LogP contribution in [0.1, 0.15) is 31.1 Å². The molecule has 0 spiro atoms. The second-order valence-electron chi connectivity index (χ2n) is 9.19. The van der Waals surface area contributed by atoms with Crippen LogP contribution in [0.25, 0.3) is 0 Å². The molecule has 204 valence electrons.